The summed E-state index contributed by atoms with van der Waals surface area (Å²) < 4.78 is 26.0. The monoisotopic (exact) mass is 306 g/mol. The van der Waals surface area contributed by atoms with Gasteiger partial charge in [0.25, 0.3) is 0 Å². The molecule has 1 heterocycles. The van der Waals surface area contributed by atoms with Gasteiger partial charge >= 0.3 is 0 Å². The molecule has 1 saturated carbocycles. The zero-order valence-electron chi connectivity index (χ0n) is 13.8. The molecule has 0 amide bonds. The summed E-state index contributed by atoms with van der Waals surface area (Å²) in [5.74, 6) is 0.133. The SMILES string of the molecule is CCc1ccc(C)c2c1C1C(C)(C)CCCC1(C)S2(=O)=O. The molecule has 2 unspecified atom stereocenters. The lowest BCUT2D eigenvalue weighted by Gasteiger charge is -2.46. The highest BCUT2D eigenvalue weighted by atomic mass is 32.2. The minimum absolute atomic E-state index is 0.0447. The molecule has 0 N–H and O–H groups in total. The first-order valence-corrected chi connectivity index (χ1v) is 9.52. The molecule has 3 rings (SSSR count). The topological polar surface area (TPSA) is 34.1 Å². The van der Waals surface area contributed by atoms with Crippen LogP contribution in [0.25, 0.3) is 0 Å². The zero-order chi connectivity index (χ0) is 15.6. The molecule has 1 aromatic rings. The van der Waals surface area contributed by atoms with E-state index in [1.807, 2.05) is 19.9 Å². The molecule has 2 nitrogen and oxygen atoms in total. The molecule has 2 atom stereocenters. The molecule has 21 heavy (non-hydrogen) atoms. The van der Waals surface area contributed by atoms with E-state index in [9.17, 15) is 8.42 Å². The van der Waals surface area contributed by atoms with Crippen molar-refractivity contribution in [3.63, 3.8) is 0 Å². The quantitative estimate of drug-likeness (QED) is 0.771. The smallest absolute Gasteiger partial charge is 0.184 e. The van der Waals surface area contributed by atoms with Crippen LogP contribution in [0.3, 0.4) is 0 Å². The fourth-order valence-corrected chi connectivity index (χ4v) is 7.62. The van der Waals surface area contributed by atoms with Gasteiger partial charge in [0, 0.05) is 5.92 Å². The Morgan fingerprint density at radius 1 is 1.19 bits per heavy atom. The number of aryl methyl sites for hydroxylation is 2. The second-order valence-electron chi connectivity index (χ2n) is 7.73. The molecule has 1 aliphatic carbocycles. The fourth-order valence-electron chi connectivity index (χ4n) is 4.96. The van der Waals surface area contributed by atoms with E-state index in [1.54, 1.807) is 0 Å². The van der Waals surface area contributed by atoms with E-state index in [-0.39, 0.29) is 11.3 Å². The van der Waals surface area contributed by atoms with Gasteiger partial charge in [-0.2, -0.15) is 0 Å². The van der Waals surface area contributed by atoms with Gasteiger partial charge in [-0.05, 0) is 55.2 Å². The maximum absolute atomic E-state index is 13.3. The number of hydrogen-bond acceptors (Lipinski definition) is 2. The first-order chi connectivity index (χ1) is 9.67. The van der Waals surface area contributed by atoms with Gasteiger partial charge in [-0.25, -0.2) is 8.42 Å². The van der Waals surface area contributed by atoms with Gasteiger partial charge in [-0.3, -0.25) is 0 Å². The molecule has 0 saturated heterocycles. The number of sulfone groups is 1. The van der Waals surface area contributed by atoms with E-state index < -0.39 is 14.6 Å². The molecular weight excluding hydrogens is 280 g/mol. The normalized spacial score (nSPS) is 32.5. The van der Waals surface area contributed by atoms with Crippen molar-refractivity contribution in [2.45, 2.75) is 75.9 Å². The summed E-state index contributed by atoms with van der Waals surface area (Å²) in [6.45, 7) is 10.6. The third-order valence-corrected chi connectivity index (χ3v) is 8.67. The molecule has 0 bridgehead atoms. The molecule has 3 heteroatoms. The maximum Gasteiger partial charge on any atom is 0.184 e. The molecule has 0 aromatic heterocycles. The Hall–Kier alpha value is -0.830. The standard InChI is InChI=1S/C18H26O2S/c1-6-13-9-8-12(2)15-14(13)16-17(3,4)10-7-11-18(16,5)21(15,19)20/h8-9,16H,6-7,10-11H2,1-5H3. The van der Waals surface area contributed by atoms with Gasteiger partial charge in [-0.15, -0.1) is 0 Å². The van der Waals surface area contributed by atoms with Gasteiger partial charge in [0.1, 0.15) is 0 Å². The van der Waals surface area contributed by atoms with E-state index in [1.165, 1.54) is 5.56 Å². The zero-order valence-corrected chi connectivity index (χ0v) is 14.6. The van der Waals surface area contributed by atoms with E-state index >= 15 is 0 Å². The van der Waals surface area contributed by atoms with Gasteiger partial charge < -0.3 is 0 Å². The summed E-state index contributed by atoms with van der Waals surface area (Å²) in [4.78, 5) is 0.657. The second-order valence-corrected chi connectivity index (χ2v) is 10.1. The Bertz CT molecular complexity index is 700. The predicted octanol–water partition coefficient (Wildman–Crippen LogP) is 4.40. The van der Waals surface area contributed by atoms with Gasteiger partial charge in [0.05, 0.1) is 9.64 Å². The Kier molecular flexibility index (Phi) is 3.12. The number of benzene rings is 1. The summed E-state index contributed by atoms with van der Waals surface area (Å²) in [6.07, 6.45) is 3.81. The van der Waals surface area contributed by atoms with Crippen LogP contribution >= 0.6 is 0 Å². The summed E-state index contributed by atoms with van der Waals surface area (Å²) in [5.41, 5.74) is 3.34. The Morgan fingerprint density at radius 3 is 2.48 bits per heavy atom. The van der Waals surface area contributed by atoms with Crippen LogP contribution < -0.4 is 0 Å². The van der Waals surface area contributed by atoms with Crippen molar-refractivity contribution in [1.29, 1.82) is 0 Å². The number of rotatable bonds is 1. The minimum atomic E-state index is -3.24. The Labute approximate surface area is 128 Å². The Balaban J connectivity index is 2.43. The summed E-state index contributed by atoms with van der Waals surface area (Å²) in [5, 5.41) is 0. The highest BCUT2D eigenvalue weighted by Gasteiger charge is 2.61. The lowest BCUT2D eigenvalue weighted by molar-refractivity contribution is 0.164. The van der Waals surface area contributed by atoms with Crippen molar-refractivity contribution >= 4 is 9.84 Å². The molecule has 1 aromatic carbocycles. The molecule has 2 aliphatic rings. The second kappa shape index (κ2) is 4.34. The third-order valence-electron chi connectivity index (χ3n) is 5.92. The first kappa shape index (κ1) is 15.1. The Morgan fingerprint density at radius 2 is 1.86 bits per heavy atom. The molecular formula is C18H26O2S. The largest absolute Gasteiger partial charge is 0.223 e. The van der Waals surface area contributed by atoms with Gasteiger partial charge in [0.15, 0.2) is 9.84 Å². The van der Waals surface area contributed by atoms with Crippen molar-refractivity contribution in [3.05, 3.63) is 28.8 Å². The molecule has 116 valence electrons. The van der Waals surface area contributed by atoms with Gasteiger partial charge in [-0.1, -0.05) is 39.3 Å². The van der Waals surface area contributed by atoms with E-state index in [0.717, 1.165) is 36.8 Å². The molecule has 0 spiro atoms. The number of hydrogen-bond donors (Lipinski definition) is 0. The summed E-state index contributed by atoms with van der Waals surface area (Å²) in [6, 6.07) is 4.13. The molecule has 1 fully saturated rings. The van der Waals surface area contributed by atoms with Crippen LogP contribution in [0.4, 0.5) is 0 Å². The highest BCUT2D eigenvalue weighted by Crippen LogP contribution is 2.63. The summed E-state index contributed by atoms with van der Waals surface area (Å²) >= 11 is 0. The van der Waals surface area contributed by atoms with Crippen LogP contribution in [0, 0.1) is 12.3 Å². The average molecular weight is 306 g/mol. The van der Waals surface area contributed by atoms with E-state index in [0.29, 0.717) is 4.90 Å². The lowest BCUT2D eigenvalue weighted by Crippen LogP contribution is -2.46. The summed E-state index contributed by atoms with van der Waals surface area (Å²) in [7, 11) is -3.24. The lowest BCUT2D eigenvalue weighted by atomic mass is 9.60. The van der Waals surface area contributed by atoms with Crippen LogP contribution in [0.5, 0.6) is 0 Å². The third kappa shape index (κ3) is 1.73. The van der Waals surface area contributed by atoms with Crippen molar-refractivity contribution in [3.8, 4) is 0 Å². The van der Waals surface area contributed by atoms with Crippen LogP contribution in [-0.4, -0.2) is 13.2 Å². The maximum atomic E-state index is 13.3. The predicted molar refractivity (Wildman–Crippen MR) is 86.5 cm³/mol. The minimum Gasteiger partial charge on any atom is -0.223 e. The molecule has 1 aliphatic heterocycles. The van der Waals surface area contributed by atoms with Crippen molar-refractivity contribution in [1.82, 2.24) is 0 Å². The molecule has 0 radical (unpaired) electrons. The average Bonchev–Trinajstić information content (AvgIpc) is 2.56. The fraction of sp³-hybridized carbons (Fsp3) is 0.667. The first-order valence-electron chi connectivity index (χ1n) is 8.04. The van der Waals surface area contributed by atoms with Crippen molar-refractivity contribution < 1.29 is 8.42 Å². The van der Waals surface area contributed by atoms with Crippen LogP contribution in [0.2, 0.25) is 0 Å². The van der Waals surface area contributed by atoms with Crippen LogP contribution in [0.15, 0.2) is 17.0 Å². The van der Waals surface area contributed by atoms with E-state index in [2.05, 4.69) is 26.8 Å². The van der Waals surface area contributed by atoms with Crippen molar-refractivity contribution in [2.24, 2.45) is 5.41 Å². The van der Waals surface area contributed by atoms with Crippen molar-refractivity contribution in [2.75, 3.05) is 0 Å². The van der Waals surface area contributed by atoms with E-state index in [4.69, 9.17) is 0 Å². The van der Waals surface area contributed by atoms with Crippen LogP contribution in [0.1, 0.15) is 69.6 Å². The van der Waals surface area contributed by atoms with Crippen LogP contribution in [-0.2, 0) is 16.3 Å². The highest BCUT2D eigenvalue weighted by molar-refractivity contribution is 7.93. The van der Waals surface area contributed by atoms with Gasteiger partial charge in [0.2, 0.25) is 0 Å². The number of fused-ring (bicyclic) bond motifs is 3.